The molecule has 0 radical (unpaired) electrons. The summed E-state index contributed by atoms with van der Waals surface area (Å²) in [4.78, 5) is 39.8. The number of carboxylic acids is 1. The number of benzene rings is 1. The molecule has 1 aromatic carbocycles. The number of ether oxygens (including phenoxy) is 2. The summed E-state index contributed by atoms with van der Waals surface area (Å²) in [5, 5.41) is 9.64. The molecule has 3 unspecified atom stereocenters. The van der Waals surface area contributed by atoms with Crippen molar-refractivity contribution in [3.63, 3.8) is 0 Å². The summed E-state index contributed by atoms with van der Waals surface area (Å²) in [5.41, 5.74) is 0.170. The molecular formula is C20H26N2O6. The van der Waals surface area contributed by atoms with Crippen LogP contribution in [0.4, 0.5) is 9.59 Å². The predicted octanol–water partition coefficient (Wildman–Crippen LogP) is 2.72. The van der Waals surface area contributed by atoms with Crippen molar-refractivity contribution in [2.24, 2.45) is 5.92 Å². The van der Waals surface area contributed by atoms with E-state index in [4.69, 9.17) is 9.47 Å². The van der Waals surface area contributed by atoms with Crippen LogP contribution in [0.2, 0.25) is 0 Å². The molecule has 2 fully saturated rings. The minimum absolute atomic E-state index is 0.0115. The minimum atomic E-state index is -1.04. The van der Waals surface area contributed by atoms with Gasteiger partial charge in [-0.25, -0.2) is 9.59 Å². The lowest BCUT2D eigenvalue weighted by atomic mass is 10.00. The Balaban J connectivity index is 1.71. The predicted molar refractivity (Wildman–Crippen MR) is 99.6 cm³/mol. The Kier molecular flexibility index (Phi) is 5.49. The maximum absolute atomic E-state index is 12.6. The molecule has 3 rings (SSSR count). The van der Waals surface area contributed by atoms with Gasteiger partial charge >= 0.3 is 18.2 Å². The Morgan fingerprint density at radius 3 is 2.39 bits per heavy atom. The number of carboxylic acid groups (broad SMARTS) is 1. The van der Waals surface area contributed by atoms with Crippen LogP contribution in [0.15, 0.2) is 30.3 Å². The highest BCUT2D eigenvalue weighted by Gasteiger charge is 2.55. The Hall–Kier alpha value is -2.77. The summed E-state index contributed by atoms with van der Waals surface area (Å²) >= 11 is 0. The zero-order chi connectivity index (χ0) is 20.5. The second-order valence-corrected chi connectivity index (χ2v) is 8.16. The number of fused-ring (bicyclic) bond motifs is 1. The van der Waals surface area contributed by atoms with Crippen molar-refractivity contribution in [3.05, 3.63) is 35.9 Å². The number of aliphatic carboxylic acids is 1. The second-order valence-electron chi connectivity index (χ2n) is 8.16. The number of carbonyl (C=O) groups is 3. The van der Waals surface area contributed by atoms with Gasteiger partial charge in [-0.2, -0.15) is 0 Å². The van der Waals surface area contributed by atoms with Gasteiger partial charge in [-0.05, 0) is 32.8 Å². The van der Waals surface area contributed by atoms with Gasteiger partial charge in [-0.1, -0.05) is 30.3 Å². The molecule has 28 heavy (non-hydrogen) atoms. The standard InChI is InChI=1S/C20H26N2O6/c1-20(2,3)28-19(26)21-10-9-15-16(21)14(17(23)24)11-22(15)18(25)27-12-13-7-5-4-6-8-13/h4-8,14-16H,9-12H2,1-3H3,(H,23,24). The van der Waals surface area contributed by atoms with Gasteiger partial charge in [0, 0.05) is 13.1 Å². The molecule has 0 saturated carbocycles. The summed E-state index contributed by atoms with van der Waals surface area (Å²) in [6.45, 7) is 5.74. The van der Waals surface area contributed by atoms with Crippen LogP contribution in [-0.4, -0.2) is 63.8 Å². The van der Waals surface area contributed by atoms with E-state index in [2.05, 4.69) is 0 Å². The Bertz CT molecular complexity index is 745. The number of likely N-dealkylation sites (tertiary alicyclic amines) is 2. The Morgan fingerprint density at radius 2 is 1.79 bits per heavy atom. The number of hydrogen-bond acceptors (Lipinski definition) is 5. The lowest BCUT2D eigenvalue weighted by molar-refractivity contribution is -0.142. The lowest BCUT2D eigenvalue weighted by Gasteiger charge is -2.29. The number of nitrogens with zero attached hydrogens (tertiary/aromatic N) is 2. The summed E-state index contributed by atoms with van der Waals surface area (Å²) in [5.74, 6) is -1.91. The molecule has 8 heteroatoms. The molecule has 0 spiro atoms. The van der Waals surface area contributed by atoms with E-state index in [1.54, 1.807) is 20.8 Å². The number of carbonyl (C=O) groups excluding carboxylic acids is 2. The van der Waals surface area contributed by atoms with Crippen molar-refractivity contribution in [1.82, 2.24) is 9.80 Å². The first-order valence-corrected chi connectivity index (χ1v) is 9.37. The maximum Gasteiger partial charge on any atom is 0.410 e. The van der Waals surface area contributed by atoms with Crippen molar-refractivity contribution in [2.45, 2.75) is 51.5 Å². The van der Waals surface area contributed by atoms with E-state index in [0.29, 0.717) is 13.0 Å². The molecule has 0 bridgehead atoms. The van der Waals surface area contributed by atoms with Gasteiger partial charge in [0.05, 0.1) is 18.0 Å². The van der Waals surface area contributed by atoms with Gasteiger partial charge in [0.2, 0.25) is 0 Å². The molecule has 2 amide bonds. The SMILES string of the molecule is CC(C)(C)OC(=O)N1CCC2C1C(C(=O)O)CN2C(=O)OCc1ccccc1. The van der Waals surface area contributed by atoms with Crippen LogP contribution >= 0.6 is 0 Å². The quantitative estimate of drug-likeness (QED) is 0.852. The van der Waals surface area contributed by atoms with Gasteiger partial charge in [-0.3, -0.25) is 4.79 Å². The zero-order valence-corrected chi connectivity index (χ0v) is 16.3. The highest BCUT2D eigenvalue weighted by atomic mass is 16.6. The molecule has 1 aromatic rings. The maximum atomic E-state index is 12.6. The molecule has 2 aliphatic rings. The molecule has 2 saturated heterocycles. The summed E-state index contributed by atoms with van der Waals surface area (Å²) < 4.78 is 10.8. The second kappa shape index (κ2) is 7.69. The van der Waals surface area contributed by atoms with E-state index in [-0.39, 0.29) is 13.2 Å². The molecule has 1 N–H and O–H groups in total. The van der Waals surface area contributed by atoms with Crippen molar-refractivity contribution in [1.29, 1.82) is 0 Å². The van der Waals surface area contributed by atoms with Crippen LogP contribution in [0.1, 0.15) is 32.8 Å². The Morgan fingerprint density at radius 1 is 1.11 bits per heavy atom. The first kappa shape index (κ1) is 20.0. The van der Waals surface area contributed by atoms with E-state index in [1.807, 2.05) is 30.3 Å². The van der Waals surface area contributed by atoms with Crippen molar-refractivity contribution in [2.75, 3.05) is 13.1 Å². The normalized spacial score (nSPS) is 24.0. The van der Waals surface area contributed by atoms with Crippen LogP contribution in [0.3, 0.4) is 0 Å². The summed E-state index contributed by atoms with van der Waals surface area (Å²) in [7, 11) is 0. The fourth-order valence-corrected chi connectivity index (χ4v) is 3.85. The van der Waals surface area contributed by atoms with E-state index in [0.717, 1.165) is 5.56 Å². The smallest absolute Gasteiger partial charge is 0.410 e. The highest BCUT2D eigenvalue weighted by molar-refractivity contribution is 5.78. The van der Waals surface area contributed by atoms with Crippen molar-refractivity contribution in [3.8, 4) is 0 Å². The topological polar surface area (TPSA) is 96.4 Å². The third-order valence-electron chi connectivity index (χ3n) is 5.01. The third-order valence-corrected chi connectivity index (χ3v) is 5.01. The molecule has 0 aromatic heterocycles. The van der Waals surface area contributed by atoms with Crippen LogP contribution < -0.4 is 0 Å². The van der Waals surface area contributed by atoms with E-state index in [1.165, 1.54) is 9.80 Å². The number of hydrogen-bond donors (Lipinski definition) is 1. The van der Waals surface area contributed by atoms with Crippen LogP contribution in [0.25, 0.3) is 0 Å². The molecule has 0 aliphatic carbocycles. The largest absolute Gasteiger partial charge is 0.481 e. The fourth-order valence-electron chi connectivity index (χ4n) is 3.85. The van der Waals surface area contributed by atoms with Crippen LogP contribution in [-0.2, 0) is 20.9 Å². The molecule has 2 heterocycles. The summed E-state index contributed by atoms with van der Waals surface area (Å²) in [6.07, 6.45) is -0.617. The molecule has 2 aliphatic heterocycles. The highest BCUT2D eigenvalue weighted by Crippen LogP contribution is 2.37. The molecule has 3 atom stereocenters. The monoisotopic (exact) mass is 390 g/mol. The van der Waals surface area contributed by atoms with Gasteiger partial charge in [0.1, 0.15) is 12.2 Å². The number of rotatable bonds is 3. The first-order chi connectivity index (χ1) is 13.2. The zero-order valence-electron chi connectivity index (χ0n) is 16.3. The van der Waals surface area contributed by atoms with Crippen LogP contribution in [0, 0.1) is 5.92 Å². The summed E-state index contributed by atoms with van der Waals surface area (Å²) in [6, 6.07) is 8.27. The number of amides is 2. The van der Waals surface area contributed by atoms with Gasteiger partial charge in [0.15, 0.2) is 0 Å². The van der Waals surface area contributed by atoms with Gasteiger partial charge in [0.25, 0.3) is 0 Å². The molecule has 8 nitrogen and oxygen atoms in total. The van der Waals surface area contributed by atoms with Gasteiger partial charge in [-0.15, -0.1) is 0 Å². The third kappa shape index (κ3) is 4.21. The fraction of sp³-hybridized carbons (Fsp3) is 0.550. The van der Waals surface area contributed by atoms with E-state index >= 15 is 0 Å². The van der Waals surface area contributed by atoms with Gasteiger partial charge < -0.3 is 24.4 Å². The van der Waals surface area contributed by atoms with Crippen LogP contribution in [0.5, 0.6) is 0 Å². The molecular weight excluding hydrogens is 364 g/mol. The van der Waals surface area contributed by atoms with E-state index in [9.17, 15) is 19.5 Å². The van der Waals surface area contributed by atoms with E-state index < -0.39 is 41.8 Å². The Labute approximate surface area is 164 Å². The first-order valence-electron chi connectivity index (χ1n) is 9.37. The van der Waals surface area contributed by atoms with Crippen molar-refractivity contribution < 1.29 is 29.0 Å². The average molecular weight is 390 g/mol. The molecule has 152 valence electrons. The average Bonchev–Trinajstić information content (AvgIpc) is 3.19. The lowest BCUT2D eigenvalue weighted by Crippen LogP contribution is -2.46. The van der Waals surface area contributed by atoms with Crippen molar-refractivity contribution >= 4 is 18.2 Å². The minimum Gasteiger partial charge on any atom is -0.481 e.